The lowest BCUT2D eigenvalue weighted by Gasteiger charge is -2.37. The van der Waals surface area contributed by atoms with E-state index in [0.29, 0.717) is 16.1 Å². The van der Waals surface area contributed by atoms with Crippen LogP contribution in [-0.2, 0) is 67.3 Å². The molecule has 2 N–H and O–H groups in total. The van der Waals surface area contributed by atoms with Gasteiger partial charge in [0.25, 0.3) is 0 Å². The van der Waals surface area contributed by atoms with Gasteiger partial charge in [-0.2, -0.15) is 5.01 Å². The number of amides is 2. The Labute approximate surface area is 359 Å². The lowest BCUT2D eigenvalue weighted by molar-refractivity contribution is -0.149. The zero-order valence-corrected chi connectivity index (χ0v) is 34.5. The number of aliphatic carboxylic acids is 1. The second-order valence-electron chi connectivity index (χ2n) is 13.8. The Balaban J connectivity index is 1.33. The topological polar surface area (TPSA) is 159 Å². The smallest absolute Gasteiger partial charge is 0.485 e. The molecular weight excluding hydrogens is 812 g/mol. The number of phosphoric acid groups is 1. The predicted molar refractivity (Wildman–Crippen MR) is 230 cm³/mol. The number of hydrogen-bond acceptors (Lipinski definition) is 10. The quantitative estimate of drug-likeness (QED) is 0.0427. The summed E-state index contributed by atoms with van der Waals surface area (Å²) in [6.07, 6.45) is -1.82. The van der Waals surface area contributed by atoms with Gasteiger partial charge in [-0.15, -0.1) is 6.58 Å². The first-order valence-electron chi connectivity index (χ1n) is 19.5. The van der Waals surface area contributed by atoms with E-state index in [2.05, 4.69) is 12.0 Å². The number of benzene rings is 6. The van der Waals surface area contributed by atoms with Crippen molar-refractivity contribution in [2.24, 2.45) is 0 Å². The van der Waals surface area contributed by atoms with Crippen molar-refractivity contribution in [2.75, 3.05) is 0 Å². The summed E-state index contributed by atoms with van der Waals surface area (Å²) in [6.45, 7) is 3.17. The van der Waals surface area contributed by atoms with Crippen LogP contribution in [0.1, 0.15) is 33.4 Å². The van der Waals surface area contributed by atoms with Gasteiger partial charge in [-0.05, 0) is 45.5 Å². The molecule has 0 fully saturated rings. The van der Waals surface area contributed by atoms with E-state index >= 15 is 0 Å². The number of phosphoric ester groups is 1. The highest BCUT2D eigenvalue weighted by Gasteiger charge is 2.47. The summed E-state index contributed by atoms with van der Waals surface area (Å²) in [5.74, 6) is -1.57. The van der Waals surface area contributed by atoms with Crippen LogP contribution in [0, 0.1) is 0 Å². The van der Waals surface area contributed by atoms with Crippen LogP contribution in [0.25, 0.3) is 0 Å². The molecule has 6 rings (SSSR count). The van der Waals surface area contributed by atoms with Gasteiger partial charge in [0.15, 0.2) is 17.0 Å². The van der Waals surface area contributed by atoms with Crippen molar-refractivity contribution in [1.82, 2.24) is 10.4 Å². The molecule has 0 aromatic heterocycles. The molecule has 0 saturated carbocycles. The van der Waals surface area contributed by atoms with Crippen molar-refractivity contribution in [1.29, 1.82) is 0 Å². The average Bonchev–Trinajstić information content (AvgIpc) is 3.31. The van der Waals surface area contributed by atoms with E-state index in [-0.39, 0.29) is 50.1 Å². The number of carbonyl (C=O) groups is 3. The largest absolute Gasteiger partial charge is 0.530 e. The fourth-order valence-electron chi connectivity index (χ4n) is 6.00. The first-order valence-corrected chi connectivity index (χ1v) is 20.9. The summed E-state index contributed by atoms with van der Waals surface area (Å²) in [4.78, 5) is 40.6. The van der Waals surface area contributed by atoms with Crippen LogP contribution in [0.2, 0.25) is 0 Å². The van der Waals surface area contributed by atoms with Gasteiger partial charge in [0.05, 0.1) is 13.2 Å². The Bertz CT molecular complexity index is 2380. The lowest BCUT2D eigenvalue weighted by atomic mass is 9.90. The summed E-state index contributed by atoms with van der Waals surface area (Å²) in [6, 6.07) is 49.3. The van der Waals surface area contributed by atoms with Crippen LogP contribution in [0.4, 0.5) is 9.59 Å². The van der Waals surface area contributed by atoms with Crippen LogP contribution in [0.3, 0.4) is 0 Å². The molecule has 13 nitrogen and oxygen atoms in total. The minimum Gasteiger partial charge on any atom is -0.485 e. The molecule has 6 aromatic carbocycles. The number of carboxylic acid groups (broad SMARTS) is 1. The number of carbonyl (C=O) groups excluding carboxylic acids is 2. The number of nitrogens with zero attached hydrogens (tertiary/aromatic N) is 1. The summed E-state index contributed by atoms with van der Waals surface area (Å²) in [5.41, 5.74) is 3.68. The minimum atomic E-state index is -4.40. The fraction of sp³-hybridized carbons (Fsp3) is 0.146. The highest BCUT2D eigenvalue weighted by molar-refractivity contribution is 7.48. The molecule has 1 atom stereocenters. The molecule has 0 aliphatic carbocycles. The summed E-state index contributed by atoms with van der Waals surface area (Å²) in [5, 5.41) is 11.4. The minimum absolute atomic E-state index is 0.0268. The third-order valence-electron chi connectivity index (χ3n) is 9.30. The SMILES string of the molecule is C=CC(Cc1ccc(OP(=O)(OCc2ccccc2)OCc2ccccc2)c(OCc2ccccc2)c1)(C(=O)O)N(NC(=O)OCc1ccccc1)C(=O)OCc1ccccc1. The third kappa shape index (κ3) is 12.7. The molecule has 0 spiro atoms. The standard InChI is InChI=1S/C48H45N2O11P/c1-2-48(45(51)52,50(47(54)58-34-39-22-12-5-13-23-39)49-46(53)57-33-38-20-10-4-11-21-38)31-42-28-29-43(44(30-42)56-32-37-18-8-3-9-19-37)61-62(55,59-35-40-24-14-6-15-25-40)60-36-41-26-16-7-17-27-41/h2-30H,1,31-36H2,(H,49,53)(H,51,52). The molecule has 0 bridgehead atoms. The van der Waals surface area contributed by atoms with E-state index in [1.54, 1.807) is 84.9 Å². The van der Waals surface area contributed by atoms with Gasteiger partial charge in [-0.25, -0.2) is 24.4 Å². The molecule has 0 aliphatic rings. The Morgan fingerprint density at radius 2 is 1.02 bits per heavy atom. The number of hydrogen-bond donors (Lipinski definition) is 2. The first kappa shape index (κ1) is 44.4. The molecule has 6 aromatic rings. The lowest BCUT2D eigenvalue weighted by Crippen LogP contribution is -2.64. The van der Waals surface area contributed by atoms with E-state index in [0.717, 1.165) is 22.8 Å². The highest BCUT2D eigenvalue weighted by atomic mass is 31.2. The molecule has 318 valence electrons. The van der Waals surface area contributed by atoms with Gasteiger partial charge in [0.1, 0.15) is 19.8 Å². The van der Waals surface area contributed by atoms with Gasteiger partial charge in [0, 0.05) is 6.42 Å². The second kappa shape index (κ2) is 21.9. The van der Waals surface area contributed by atoms with Crippen molar-refractivity contribution in [3.63, 3.8) is 0 Å². The van der Waals surface area contributed by atoms with E-state index in [9.17, 15) is 24.1 Å². The van der Waals surface area contributed by atoms with Crippen LogP contribution in [0.15, 0.2) is 183 Å². The Morgan fingerprint density at radius 1 is 0.581 bits per heavy atom. The Hall–Kier alpha value is -7.18. The molecule has 0 heterocycles. The molecule has 14 heteroatoms. The molecule has 2 amide bonds. The third-order valence-corrected chi connectivity index (χ3v) is 10.6. The van der Waals surface area contributed by atoms with Gasteiger partial charge in [0.2, 0.25) is 0 Å². The van der Waals surface area contributed by atoms with Crippen molar-refractivity contribution in [3.05, 3.63) is 216 Å². The highest BCUT2D eigenvalue weighted by Crippen LogP contribution is 2.53. The van der Waals surface area contributed by atoms with E-state index in [1.807, 2.05) is 66.7 Å². The monoisotopic (exact) mass is 856 g/mol. The maximum Gasteiger partial charge on any atom is 0.530 e. The van der Waals surface area contributed by atoms with Crippen LogP contribution in [0.5, 0.6) is 11.5 Å². The van der Waals surface area contributed by atoms with Crippen LogP contribution < -0.4 is 14.7 Å². The second-order valence-corrected chi connectivity index (χ2v) is 15.4. The Morgan fingerprint density at radius 3 is 1.47 bits per heavy atom. The average molecular weight is 857 g/mol. The molecular formula is C48H45N2O11P. The van der Waals surface area contributed by atoms with Gasteiger partial charge < -0.3 is 23.8 Å². The Kier molecular flexibility index (Phi) is 15.7. The van der Waals surface area contributed by atoms with E-state index in [1.165, 1.54) is 18.2 Å². The number of hydrazine groups is 1. The van der Waals surface area contributed by atoms with E-state index < -0.39 is 37.9 Å². The number of ether oxygens (including phenoxy) is 3. The normalized spacial score (nSPS) is 11.9. The zero-order valence-electron chi connectivity index (χ0n) is 33.6. The molecule has 0 aliphatic heterocycles. The maximum absolute atomic E-state index is 14.5. The van der Waals surface area contributed by atoms with Gasteiger partial charge in [-0.1, -0.05) is 164 Å². The van der Waals surface area contributed by atoms with Crippen LogP contribution in [-0.4, -0.2) is 33.8 Å². The number of carboxylic acids is 1. The molecule has 0 radical (unpaired) electrons. The van der Waals surface area contributed by atoms with Crippen molar-refractivity contribution < 1.29 is 51.8 Å². The van der Waals surface area contributed by atoms with Crippen LogP contribution >= 0.6 is 7.82 Å². The van der Waals surface area contributed by atoms with Crippen molar-refractivity contribution in [2.45, 2.75) is 45.0 Å². The van der Waals surface area contributed by atoms with Crippen molar-refractivity contribution >= 4 is 26.0 Å². The van der Waals surface area contributed by atoms with Gasteiger partial charge in [-0.3, -0.25) is 9.05 Å². The first-order chi connectivity index (χ1) is 30.1. The number of rotatable bonds is 20. The number of nitrogens with one attached hydrogen (secondary N) is 1. The fourth-order valence-corrected chi connectivity index (χ4v) is 7.19. The summed E-state index contributed by atoms with van der Waals surface area (Å²) >= 11 is 0. The molecule has 0 saturated heterocycles. The molecule has 1 unspecified atom stereocenters. The predicted octanol–water partition coefficient (Wildman–Crippen LogP) is 10.2. The molecule has 62 heavy (non-hydrogen) atoms. The zero-order chi connectivity index (χ0) is 43.6. The maximum atomic E-state index is 14.5. The summed E-state index contributed by atoms with van der Waals surface area (Å²) < 4.78 is 49.5. The van der Waals surface area contributed by atoms with Gasteiger partial charge >= 0.3 is 26.0 Å². The summed E-state index contributed by atoms with van der Waals surface area (Å²) in [7, 11) is -4.40. The van der Waals surface area contributed by atoms with E-state index in [4.69, 9.17) is 27.8 Å². The van der Waals surface area contributed by atoms with Crippen molar-refractivity contribution in [3.8, 4) is 11.5 Å².